The fourth-order valence-corrected chi connectivity index (χ4v) is 4.16. The second-order valence-electron chi connectivity index (χ2n) is 3.84. The van der Waals surface area contributed by atoms with Crippen LogP contribution in [0.1, 0.15) is 19.4 Å². The number of nitrogens with zero attached hydrogens (tertiary/aromatic N) is 1. The van der Waals surface area contributed by atoms with E-state index in [-0.39, 0.29) is 10.8 Å². The lowest BCUT2D eigenvalue weighted by Gasteiger charge is -2.19. The first-order chi connectivity index (χ1) is 7.39. The van der Waals surface area contributed by atoms with Crippen molar-refractivity contribution in [1.29, 1.82) is 0 Å². The highest BCUT2D eigenvalue weighted by atomic mass is 79.9. The van der Waals surface area contributed by atoms with E-state index in [1.807, 2.05) is 31.2 Å². The average molecular weight is 302 g/mol. The molecule has 86 valence electrons. The summed E-state index contributed by atoms with van der Waals surface area (Å²) < 4.78 is 23.2. The van der Waals surface area contributed by atoms with Gasteiger partial charge in [-0.2, -0.15) is 0 Å². The Balaban J connectivity index is 2.64. The zero-order valence-electron chi connectivity index (χ0n) is 9.07. The summed E-state index contributed by atoms with van der Waals surface area (Å²) in [6.07, 6.45) is 0. The number of halogens is 1. The van der Waals surface area contributed by atoms with Crippen LogP contribution >= 0.6 is 15.9 Å². The quantitative estimate of drug-likeness (QED) is 0.749. The van der Waals surface area contributed by atoms with Gasteiger partial charge in [0.05, 0.1) is 11.4 Å². The Hall–Kier alpha value is -0.680. The minimum Gasteiger partial charge on any atom is -0.239 e. The maximum Gasteiger partial charge on any atom is 0.193 e. The van der Waals surface area contributed by atoms with Gasteiger partial charge >= 0.3 is 0 Å². The summed E-state index contributed by atoms with van der Waals surface area (Å²) in [6.45, 7) is 3.45. The van der Waals surface area contributed by atoms with Gasteiger partial charge in [0, 0.05) is 5.56 Å². The van der Waals surface area contributed by atoms with E-state index in [2.05, 4.69) is 20.9 Å². The first-order valence-electron chi connectivity index (χ1n) is 5.00. The van der Waals surface area contributed by atoms with Crippen LogP contribution in [0.5, 0.6) is 0 Å². The van der Waals surface area contributed by atoms with Gasteiger partial charge in [-0.15, -0.1) is 0 Å². The first kappa shape index (κ1) is 11.8. The summed E-state index contributed by atoms with van der Waals surface area (Å²) in [5.41, 5.74) is 1.64. The minimum atomic E-state index is -3.27. The Morgan fingerprint density at radius 1 is 1.38 bits per heavy atom. The SMILES string of the molecule is CCS(=O)(=O)C1=Nc2ccccc2C1(C)Br. The second-order valence-corrected chi connectivity index (χ2v) is 7.62. The molecule has 16 heavy (non-hydrogen) atoms. The van der Waals surface area contributed by atoms with E-state index in [9.17, 15) is 8.42 Å². The molecule has 1 aromatic carbocycles. The van der Waals surface area contributed by atoms with Gasteiger partial charge in [-0.3, -0.25) is 0 Å². The summed E-state index contributed by atoms with van der Waals surface area (Å²) in [4.78, 5) is 4.23. The molecule has 0 N–H and O–H groups in total. The molecule has 1 aromatic rings. The molecule has 0 fully saturated rings. The van der Waals surface area contributed by atoms with E-state index in [0.29, 0.717) is 0 Å². The number of hydrogen-bond donors (Lipinski definition) is 0. The Morgan fingerprint density at radius 2 is 2.00 bits per heavy atom. The molecule has 1 aliphatic heterocycles. The van der Waals surface area contributed by atoms with Gasteiger partial charge in [0.1, 0.15) is 4.32 Å². The van der Waals surface area contributed by atoms with Gasteiger partial charge < -0.3 is 0 Å². The van der Waals surface area contributed by atoms with Crippen molar-refractivity contribution in [2.45, 2.75) is 18.2 Å². The molecule has 3 nitrogen and oxygen atoms in total. The number of aliphatic imine (C=N–C) groups is 1. The second kappa shape index (κ2) is 3.67. The lowest BCUT2D eigenvalue weighted by atomic mass is 10.0. The number of hydrogen-bond acceptors (Lipinski definition) is 3. The Bertz CT molecular complexity index is 561. The molecule has 0 bridgehead atoms. The molecule has 0 saturated heterocycles. The summed E-state index contributed by atoms with van der Waals surface area (Å²) in [6, 6.07) is 7.46. The average Bonchev–Trinajstić information content (AvgIpc) is 2.52. The first-order valence-corrected chi connectivity index (χ1v) is 7.44. The van der Waals surface area contributed by atoms with E-state index in [0.717, 1.165) is 11.3 Å². The van der Waals surface area contributed by atoms with Gasteiger partial charge in [-0.25, -0.2) is 13.4 Å². The lowest BCUT2D eigenvalue weighted by molar-refractivity contribution is 0.607. The summed E-state index contributed by atoms with van der Waals surface area (Å²) >= 11 is 3.47. The minimum absolute atomic E-state index is 0.0704. The molecule has 5 heteroatoms. The predicted molar refractivity (Wildman–Crippen MR) is 69.3 cm³/mol. The maximum atomic E-state index is 11.9. The van der Waals surface area contributed by atoms with Gasteiger partial charge in [-0.1, -0.05) is 41.1 Å². The molecule has 1 unspecified atom stereocenters. The standard InChI is InChI=1S/C11H12BrNO2S/c1-3-16(14,15)10-11(2,12)8-6-4-5-7-9(8)13-10/h4-7H,3H2,1-2H3. The fourth-order valence-electron chi connectivity index (χ4n) is 1.80. The van der Waals surface area contributed by atoms with E-state index in [4.69, 9.17) is 0 Å². The largest absolute Gasteiger partial charge is 0.239 e. The fraction of sp³-hybridized carbons (Fsp3) is 0.364. The van der Waals surface area contributed by atoms with Crippen LogP contribution in [0.4, 0.5) is 5.69 Å². The van der Waals surface area contributed by atoms with Gasteiger partial charge in [0.15, 0.2) is 14.9 Å². The lowest BCUT2D eigenvalue weighted by Crippen LogP contribution is -2.30. The molecule has 0 spiro atoms. The zero-order chi connectivity index (χ0) is 12.0. The van der Waals surface area contributed by atoms with Crippen molar-refractivity contribution in [2.75, 3.05) is 5.75 Å². The maximum absolute atomic E-state index is 11.9. The molecule has 1 heterocycles. The van der Waals surface area contributed by atoms with Crippen molar-refractivity contribution in [1.82, 2.24) is 0 Å². The van der Waals surface area contributed by atoms with Crippen LogP contribution in [0, 0.1) is 0 Å². The number of benzene rings is 1. The van der Waals surface area contributed by atoms with Crippen molar-refractivity contribution in [3.05, 3.63) is 29.8 Å². The third-order valence-corrected chi connectivity index (χ3v) is 5.62. The summed E-state index contributed by atoms with van der Waals surface area (Å²) in [5, 5.41) is 0.212. The number of sulfone groups is 1. The van der Waals surface area contributed by atoms with E-state index in [1.165, 1.54) is 0 Å². The number of fused-ring (bicyclic) bond motifs is 1. The topological polar surface area (TPSA) is 46.5 Å². The predicted octanol–water partition coefficient (Wildman–Crippen LogP) is 2.78. The molecule has 1 atom stereocenters. The van der Waals surface area contributed by atoms with Crippen molar-refractivity contribution in [3.8, 4) is 0 Å². The Labute approximate surface area is 104 Å². The van der Waals surface area contributed by atoms with E-state index in [1.54, 1.807) is 6.92 Å². The van der Waals surface area contributed by atoms with Gasteiger partial charge in [0.25, 0.3) is 0 Å². The number of para-hydroxylation sites is 1. The third-order valence-electron chi connectivity index (χ3n) is 2.71. The van der Waals surface area contributed by atoms with Crippen molar-refractivity contribution >= 4 is 36.5 Å². The zero-order valence-corrected chi connectivity index (χ0v) is 11.5. The van der Waals surface area contributed by atoms with Gasteiger partial charge in [-0.05, 0) is 13.0 Å². The molecule has 0 aromatic heterocycles. The molecule has 1 aliphatic rings. The van der Waals surface area contributed by atoms with Crippen LogP contribution in [-0.4, -0.2) is 19.2 Å². The highest BCUT2D eigenvalue weighted by molar-refractivity contribution is 9.10. The molecule has 0 saturated carbocycles. The Morgan fingerprint density at radius 3 is 2.56 bits per heavy atom. The van der Waals surface area contributed by atoms with Crippen LogP contribution in [0.2, 0.25) is 0 Å². The molecule has 0 aliphatic carbocycles. The van der Waals surface area contributed by atoms with E-state index < -0.39 is 14.2 Å². The molecular formula is C11H12BrNO2S. The van der Waals surface area contributed by atoms with Crippen molar-refractivity contribution < 1.29 is 8.42 Å². The van der Waals surface area contributed by atoms with Crippen LogP contribution in [0.15, 0.2) is 29.3 Å². The molecular weight excluding hydrogens is 290 g/mol. The van der Waals surface area contributed by atoms with Crippen molar-refractivity contribution in [2.24, 2.45) is 4.99 Å². The molecule has 2 rings (SSSR count). The summed E-state index contributed by atoms with van der Waals surface area (Å²) in [5.74, 6) is 0.0704. The third kappa shape index (κ3) is 1.62. The van der Waals surface area contributed by atoms with Crippen molar-refractivity contribution in [3.63, 3.8) is 0 Å². The molecule has 0 radical (unpaired) electrons. The Kier molecular flexibility index (Phi) is 2.70. The monoisotopic (exact) mass is 301 g/mol. The summed E-state index contributed by atoms with van der Waals surface area (Å²) in [7, 11) is -3.27. The van der Waals surface area contributed by atoms with Gasteiger partial charge in [0.2, 0.25) is 0 Å². The van der Waals surface area contributed by atoms with Crippen LogP contribution < -0.4 is 0 Å². The van der Waals surface area contributed by atoms with Crippen LogP contribution in [0.25, 0.3) is 0 Å². The number of rotatable bonds is 1. The highest BCUT2D eigenvalue weighted by Gasteiger charge is 2.42. The highest BCUT2D eigenvalue weighted by Crippen LogP contribution is 2.45. The molecule has 0 amide bonds. The van der Waals surface area contributed by atoms with Crippen LogP contribution in [0.3, 0.4) is 0 Å². The van der Waals surface area contributed by atoms with Crippen LogP contribution in [-0.2, 0) is 14.2 Å². The normalized spacial score (nSPS) is 24.1. The van der Waals surface area contributed by atoms with E-state index >= 15 is 0 Å². The smallest absolute Gasteiger partial charge is 0.193 e. The number of alkyl halides is 1.